The van der Waals surface area contributed by atoms with E-state index in [-0.39, 0.29) is 0 Å². The van der Waals surface area contributed by atoms with Gasteiger partial charge >= 0.3 is 0 Å². The quantitative estimate of drug-likeness (QED) is 0.782. The van der Waals surface area contributed by atoms with Gasteiger partial charge in [0.2, 0.25) is 0 Å². The van der Waals surface area contributed by atoms with Crippen molar-refractivity contribution < 1.29 is 9.47 Å². The molecule has 2 aliphatic rings. The lowest BCUT2D eigenvalue weighted by Gasteiger charge is -2.37. The number of ether oxygens (including phenoxy) is 2. The van der Waals surface area contributed by atoms with Gasteiger partial charge < -0.3 is 14.8 Å². The van der Waals surface area contributed by atoms with Crippen LogP contribution >= 0.6 is 0 Å². The minimum atomic E-state index is 0.461. The van der Waals surface area contributed by atoms with Gasteiger partial charge in [0.1, 0.15) is 0 Å². The van der Waals surface area contributed by atoms with Crippen molar-refractivity contribution in [3.05, 3.63) is 0 Å². The summed E-state index contributed by atoms with van der Waals surface area (Å²) in [7, 11) is 0. The molecule has 0 bridgehead atoms. The van der Waals surface area contributed by atoms with E-state index in [1.807, 2.05) is 0 Å². The Morgan fingerprint density at radius 3 is 2.62 bits per heavy atom. The van der Waals surface area contributed by atoms with Gasteiger partial charge in [-0.2, -0.15) is 0 Å². The number of nitrogens with one attached hydrogen (secondary N) is 1. The molecule has 2 rings (SSSR count). The van der Waals surface area contributed by atoms with Crippen LogP contribution in [0.15, 0.2) is 0 Å². The van der Waals surface area contributed by atoms with Crippen LogP contribution in [0.5, 0.6) is 0 Å². The van der Waals surface area contributed by atoms with Crippen LogP contribution in [0.25, 0.3) is 0 Å². The summed E-state index contributed by atoms with van der Waals surface area (Å²) < 4.78 is 11.3. The van der Waals surface area contributed by atoms with Crippen LogP contribution in [-0.4, -0.2) is 62.5 Å². The lowest BCUT2D eigenvalue weighted by atomic mass is 9.99. The summed E-state index contributed by atoms with van der Waals surface area (Å²) in [4.78, 5) is 2.62. The van der Waals surface area contributed by atoms with Crippen molar-refractivity contribution in [2.24, 2.45) is 5.92 Å². The molecule has 0 aromatic carbocycles. The lowest BCUT2D eigenvalue weighted by Crippen LogP contribution is -2.51. The number of hydrogen-bond acceptors (Lipinski definition) is 4. The van der Waals surface area contributed by atoms with Crippen molar-refractivity contribution in [3.63, 3.8) is 0 Å². The summed E-state index contributed by atoms with van der Waals surface area (Å²) in [6.07, 6.45) is 5.20. The first kappa shape index (κ1) is 17.2. The first-order valence-electron chi connectivity index (χ1n) is 8.85. The van der Waals surface area contributed by atoms with Crippen molar-refractivity contribution >= 4 is 0 Å². The summed E-state index contributed by atoms with van der Waals surface area (Å²) in [6.45, 7) is 12.9. The predicted octanol–water partition coefficient (Wildman–Crippen LogP) is 2.28. The third kappa shape index (κ3) is 5.85. The molecule has 2 fully saturated rings. The highest BCUT2D eigenvalue weighted by molar-refractivity contribution is 4.82. The Morgan fingerprint density at radius 2 is 1.95 bits per heavy atom. The Bertz CT molecular complexity index is 280. The minimum absolute atomic E-state index is 0.461. The Balaban J connectivity index is 1.80. The largest absolute Gasteiger partial charge is 0.379 e. The Labute approximate surface area is 130 Å². The topological polar surface area (TPSA) is 33.7 Å². The predicted molar refractivity (Wildman–Crippen MR) is 86.7 cm³/mol. The van der Waals surface area contributed by atoms with Gasteiger partial charge in [0.05, 0.1) is 19.3 Å². The minimum Gasteiger partial charge on any atom is -0.379 e. The molecule has 2 heterocycles. The van der Waals surface area contributed by atoms with Gasteiger partial charge in [-0.1, -0.05) is 20.8 Å². The second kappa shape index (κ2) is 9.09. The molecule has 1 N–H and O–H groups in total. The molecular weight excluding hydrogens is 264 g/mol. The first-order chi connectivity index (χ1) is 10.2. The van der Waals surface area contributed by atoms with Crippen LogP contribution in [-0.2, 0) is 9.47 Å². The van der Waals surface area contributed by atoms with Gasteiger partial charge in [0.25, 0.3) is 0 Å². The maximum atomic E-state index is 5.78. The molecule has 4 heteroatoms. The average molecular weight is 298 g/mol. The Morgan fingerprint density at radius 1 is 1.19 bits per heavy atom. The van der Waals surface area contributed by atoms with Crippen LogP contribution in [0, 0.1) is 5.92 Å². The zero-order valence-electron chi connectivity index (χ0n) is 14.1. The Hall–Kier alpha value is -0.160. The van der Waals surface area contributed by atoms with E-state index in [0.717, 1.165) is 58.2 Å². The molecular formula is C17H34N2O2. The first-order valence-corrected chi connectivity index (χ1v) is 8.85. The van der Waals surface area contributed by atoms with Gasteiger partial charge in [-0.3, -0.25) is 4.90 Å². The van der Waals surface area contributed by atoms with Gasteiger partial charge in [0.15, 0.2) is 0 Å². The normalized spacial score (nSPS) is 29.7. The third-order valence-electron chi connectivity index (χ3n) is 4.77. The van der Waals surface area contributed by atoms with Crippen LogP contribution in [0.2, 0.25) is 0 Å². The summed E-state index contributed by atoms with van der Waals surface area (Å²) in [5.41, 5.74) is 0. The van der Waals surface area contributed by atoms with E-state index in [9.17, 15) is 0 Å². The highest BCUT2D eigenvalue weighted by Crippen LogP contribution is 2.18. The lowest BCUT2D eigenvalue weighted by molar-refractivity contribution is -0.00660. The molecule has 0 aromatic heterocycles. The van der Waals surface area contributed by atoms with Crippen molar-refractivity contribution in [3.8, 4) is 0 Å². The molecule has 0 aliphatic carbocycles. The van der Waals surface area contributed by atoms with Gasteiger partial charge in [-0.25, -0.2) is 0 Å². The standard InChI is InChI=1S/C17H34N2O2/c1-4-17-12-15(5-8-21-17)18-13-16(11-14(2)3)19-6-9-20-10-7-19/h14-18H,4-13H2,1-3H3. The molecule has 3 atom stereocenters. The number of rotatable bonds is 7. The SMILES string of the molecule is CCC1CC(NCC(CC(C)C)N2CCOCC2)CCO1. The molecule has 0 saturated carbocycles. The zero-order chi connectivity index (χ0) is 15.1. The summed E-state index contributed by atoms with van der Waals surface area (Å²) in [6, 6.07) is 1.29. The highest BCUT2D eigenvalue weighted by Gasteiger charge is 2.25. The fourth-order valence-corrected chi connectivity index (χ4v) is 3.50. The van der Waals surface area contributed by atoms with E-state index in [1.165, 1.54) is 12.8 Å². The number of morpholine rings is 1. The summed E-state index contributed by atoms with van der Waals surface area (Å²) >= 11 is 0. The summed E-state index contributed by atoms with van der Waals surface area (Å²) in [5, 5.41) is 3.83. The molecule has 0 amide bonds. The van der Waals surface area contributed by atoms with Gasteiger partial charge in [0, 0.05) is 38.3 Å². The number of nitrogens with zero attached hydrogens (tertiary/aromatic N) is 1. The molecule has 2 aliphatic heterocycles. The molecule has 124 valence electrons. The second-order valence-corrected chi connectivity index (χ2v) is 6.96. The van der Waals surface area contributed by atoms with Crippen LogP contribution in [0.3, 0.4) is 0 Å². The molecule has 2 saturated heterocycles. The van der Waals surface area contributed by atoms with Gasteiger partial charge in [-0.15, -0.1) is 0 Å². The van der Waals surface area contributed by atoms with Crippen molar-refractivity contribution in [2.75, 3.05) is 39.5 Å². The van der Waals surface area contributed by atoms with E-state index >= 15 is 0 Å². The Kier molecular flexibility index (Phi) is 7.44. The van der Waals surface area contributed by atoms with E-state index in [0.29, 0.717) is 18.2 Å². The average Bonchev–Trinajstić information content (AvgIpc) is 2.52. The van der Waals surface area contributed by atoms with E-state index < -0.39 is 0 Å². The zero-order valence-corrected chi connectivity index (χ0v) is 14.1. The van der Waals surface area contributed by atoms with Crippen molar-refractivity contribution in [2.45, 2.75) is 64.6 Å². The second-order valence-electron chi connectivity index (χ2n) is 6.96. The maximum absolute atomic E-state index is 5.78. The molecule has 0 radical (unpaired) electrons. The highest BCUT2D eigenvalue weighted by atomic mass is 16.5. The smallest absolute Gasteiger partial charge is 0.0594 e. The summed E-state index contributed by atoms with van der Waals surface area (Å²) in [5.74, 6) is 0.748. The monoisotopic (exact) mass is 298 g/mol. The van der Waals surface area contributed by atoms with Crippen LogP contribution < -0.4 is 5.32 Å². The molecule has 4 nitrogen and oxygen atoms in total. The van der Waals surface area contributed by atoms with E-state index in [1.54, 1.807) is 0 Å². The third-order valence-corrected chi connectivity index (χ3v) is 4.77. The molecule has 3 unspecified atom stereocenters. The molecule has 21 heavy (non-hydrogen) atoms. The molecule has 0 spiro atoms. The molecule has 0 aromatic rings. The fourth-order valence-electron chi connectivity index (χ4n) is 3.50. The van der Waals surface area contributed by atoms with Gasteiger partial charge in [-0.05, 0) is 31.6 Å². The van der Waals surface area contributed by atoms with E-state index in [2.05, 4.69) is 31.0 Å². The van der Waals surface area contributed by atoms with Crippen LogP contribution in [0.4, 0.5) is 0 Å². The number of hydrogen-bond donors (Lipinski definition) is 1. The van der Waals surface area contributed by atoms with Crippen LogP contribution in [0.1, 0.15) is 46.5 Å². The van der Waals surface area contributed by atoms with Crippen molar-refractivity contribution in [1.82, 2.24) is 10.2 Å². The van der Waals surface area contributed by atoms with E-state index in [4.69, 9.17) is 9.47 Å². The fraction of sp³-hybridized carbons (Fsp3) is 1.00. The van der Waals surface area contributed by atoms with Crippen molar-refractivity contribution in [1.29, 1.82) is 0 Å². The maximum Gasteiger partial charge on any atom is 0.0594 e.